The van der Waals surface area contributed by atoms with Crippen LogP contribution in [0.2, 0.25) is 0 Å². The Kier molecular flexibility index (Phi) is 5.41. The molecule has 0 aliphatic heterocycles. The number of rotatable bonds is 6. The van der Waals surface area contributed by atoms with E-state index in [0.29, 0.717) is 11.1 Å². The van der Waals surface area contributed by atoms with Gasteiger partial charge in [-0.2, -0.15) is 0 Å². The predicted octanol–water partition coefficient (Wildman–Crippen LogP) is 5.10. The van der Waals surface area contributed by atoms with E-state index in [0.717, 1.165) is 22.6 Å². The van der Waals surface area contributed by atoms with Crippen LogP contribution in [0.15, 0.2) is 66.7 Å². The quantitative estimate of drug-likeness (QED) is 0.347. The van der Waals surface area contributed by atoms with Crippen molar-refractivity contribution in [1.29, 1.82) is 0 Å². The molecule has 5 nitrogen and oxygen atoms in total. The fourth-order valence-corrected chi connectivity index (χ4v) is 3.31. The molecule has 3 rings (SSSR count). The zero-order valence-corrected chi connectivity index (χ0v) is 15.5. The maximum Gasteiger partial charge on any atom is 0.276 e. The second kappa shape index (κ2) is 7.91. The fourth-order valence-electron chi connectivity index (χ4n) is 3.31. The Morgan fingerprint density at radius 3 is 1.70 bits per heavy atom. The highest BCUT2D eigenvalue weighted by Crippen LogP contribution is 2.39. The van der Waals surface area contributed by atoms with Crippen LogP contribution in [-0.2, 0) is 0 Å². The van der Waals surface area contributed by atoms with Crippen LogP contribution in [0.1, 0.15) is 28.2 Å². The van der Waals surface area contributed by atoms with Gasteiger partial charge < -0.3 is 9.47 Å². The number of hydrogen-bond acceptors (Lipinski definition) is 4. The molecular weight excluding hydrogens is 342 g/mol. The van der Waals surface area contributed by atoms with Gasteiger partial charge in [-0.05, 0) is 42.3 Å². The number of para-hydroxylation sites is 1. The summed E-state index contributed by atoms with van der Waals surface area (Å²) in [5.74, 6) is 1.21. The van der Waals surface area contributed by atoms with Crippen LogP contribution in [-0.4, -0.2) is 19.1 Å². The first kappa shape index (κ1) is 18.5. The Labute approximate surface area is 158 Å². The number of hydrogen-bond donors (Lipinski definition) is 0. The molecule has 0 spiro atoms. The van der Waals surface area contributed by atoms with Gasteiger partial charge in [0.2, 0.25) is 0 Å². The predicted molar refractivity (Wildman–Crippen MR) is 105 cm³/mol. The normalized spacial score (nSPS) is 10.7. The molecule has 0 aliphatic rings. The van der Waals surface area contributed by atoms with Gasteiger partial charge in [0, 0.05) is 17.0 Å². The molecule has 0 radical (unpaired) electrons. The summed E-state index contributed by atoms with van der Waals surface area (Å²) in [6.45, 7) is 1.76. The van der Waals surface area contributed by atoms with Crippen molar-refractivity contribution in [2.75, 3.05) is 14.2 Å². The van der Waals surface area contributed by atoms with Crippen LogP contribution in [0.4, 0.5) is 5.69 Å². The second-order valence-corrected chi connectivity index (χ2v) is 6.25. The molecule has 0 saturated heterocycles. The molecule has 3 aromatic rings. The monoisotopic (exact) mass is 363 g/mol. The van der Waals surface area contributed by atoms with Crippen LogP contribution in [0.25, 0.3) is 0 Å². The van der Waals surface area contributed by atoms with E-state index in [4.69, 9.17) is 9.47 Å². The molecule has 3 aromatic carbocycles. The summed E-state index contributed by atoms with van der Waals surface area (Å²) in [6, 6.07) is 20.7. The molecule has 0 heterocycles. The number of nitro benzene ring substituents is 1. The topological polar surface area (TPSA) is 61.6 Å². The molecule has 5 heteroatoms. The zero-order valence-electron chi connectivity index (χ0n) is 15.5. The van der Waals surface area contributed by atoms with E-state index >= 15 is 0 Å². The third-order valence-corrected chi connectivity index (χ3v) is 4.66. The average Bonchev–Trinajstić information content (AvgIpc) is 2.69. The molecular formula is C22H21NO4. The van der Waals surface area contributed by atoms with Gasteiger partial charge in [0.05, 0.1) is 19.1 Å². The molecule has 0 bridgehead atoms. The molecule has 0 fully saturated rings. The minimum Gasteiger partial charge on any atom is -0.497 e. The van der Waals surface area contributed by atoms with Crippen molar-refractivity contribution in [1.82, 2.24) is 0 Å². The maximum atomic E-state index is 11.8. The first-order chi connectivity index (χ1) is 13.0. The summed E-state index contributed by atoms with van der Waals surface area (Å²) in [6.07, 6.45) is 0. The van der Waals surface area contributed by atoms with Gasteiger partial charge >= 0.3 is 0 Å². The summed E-state index contributed by atoms with van der Waals surface area (Å²) in [5, 5.41) is 11.8. The molecule has 0 aliphatic carbocycles. The van der Waals surface area contributed by atoms with Gasteiger partial charge in [0.25, 0.3) is 5.69 Å². The van der Waals surface area contributed by atoms with E-state index in [2.05, 4.69) is 0 Å². The van der Waals surface area contributed by atoms with Crippen molar-refractivity contribution >= 4 is 5.69 Å². The van der Waals surface area contributed by atoms with Crippen molar-refractivity contribution in [3.63, 3.8) is 0 Å². The lowest BCUT2D eigenvalue weighted by atomic mass is 9.83. The zero-order chi connectivity index (χ0) is 19.4. The first-order valence-electron chi connectivity index (χ1n) is 8.57. The number of ether oxygens (including phenoxy) is 2. The lowest BCUT2D eigenvalue weighted by molar-refractivity contribution is -0.386. The van der Waals surface area contributed by atoms with E-state index in [1.807, 2.05) is 60.7 Å². The van der Waals surface area contributed by atoms with E-state index < -0.39 is 0 Å². The first-order valence-corrected chi connectivity index (χ1v) is 8.57. The van der Waals surface area contributed by atoms with Crippen LogP contribution in [0, 0.1) is 17.0 Å². The summed E-state index contributed by atoms with van der Waals surface area (Å²) >= 11 is 0. The number of methoxy groups -OCH3 is 2. The third-order valence-electron chi connectivity index (χ3n) is 4.66. The summed E-state index contributed by atoms with van der Waals surface area (Å²) in [7, 11) is 3.22. The average molecular weight is 363 g/mol. The van der Waals surface area contributed by atoms with Gasteiger partial charge in [0.15, 0.2) is 0 Å². The minimum atomic E-state index is -0.301. The van der Waals surface area contributed by atoms with Crippen molar-refractivity contribution in [3.8, 4) is 11.5 Å². The molecule has 0 amide bonds. The molecule has 138 valence electrons. The van der Waals surface area contributed by atoms with Gasteiger partial charge in [-0.3, -0.25) is 10.1 Å². The largest absolute Gasteiger partial charge is 0.497 e. The minimum absolute atomic E-state index is 0.147. The Balaban J connectivity index is 2.21. The van der Waals surface area contributed by atoms with Gasteiger partial charge in [-0.1, -0.05) is 42.5 Å². The van der Waals surface area contributed by atoms with Gasteiger partial charge in [0.1, 0.15) is 11.5 Å². The number of aryl methyl sites for hydroxylation is 1. The van der Waals surface area contributed by atoms with Crippen LogP contribution in [0.3, 0.4) is 0 Å². The standard InChI is InChI=1S/C22H21NO4/c1-15-5-4-6-20(22(15)23(24)25)21(16-7-11-18(26-2)12-8-16)17-9-13-19(27-3)14-10-17/h4-14,21H,1-3H3. The third kappa shape index (κ3) is 3.77. The van der Waals surface area contributed by atoms with Crippen molar-refractivity contribution in [2.24, 2.45) is 0 Å². The highest BCUT2D eigenvalue weighted by Gasteiger charge is 2.26. The van der Waals surface area contributed by atoms with Crippen molar-refractivity contribution in [2.45, 2.75) is 12.8 Å². The fraction of sp³-hybridized carbons (Fsp3) is 0.182. The molecule has 0 N–H and O–H groups in total. The summed E-state index contributed by atoms with van der Waals surface area (Å²) in [4.78, 5) is 11.5. The van der Waals surface area contributed by atoms with Gasteiger partial charge in [-0.15, -0.1) is 0 Å². The Morgan fingerprint density at radius 1 is 0.815 bits per heavy atom. The van der Waals surface area contributed by atoms with Crippen LogP contribution < -0.4 is 9.47 Å². The van der Waals surface area contributed by atoms with Crippen LogP contribution >= 0.6 is 0 Å². The van der Waals surface area contributed by atoms with Gasteiger partial charge in [-0.25, -0.2) is 0 Å². The van der Waals surface area contributed by atoms with E-state index in [1.54, 1.807) is 27.2 Å². The van der Waals surface area contributed by atoms with E-state index in [1.165, 1.54) is 0 Å². The van der Waals surface area contributed by atoms with Crippen molar-refractivity contribution in [3.05, 3.63) is 99.1 Å². The SMILES string of the molecule is COc1ccc(C(c2ccc(OC)cc2)c2cccc(C)c2[N+](=O)[O-])cc1. The maximum absolute atomic E-state index is 11.8. The van der Waals surface area contributed by atoms with Crippen LogP contribution in [0.5, 0.6) is 11.5 Å². The molecule has 0 aromatic heterocycles. The summed E-state index contributed by atoms with van der Waals surface area (Å²) in [5.41, 5.74) is 3.36. The number of nitro groups is 1. The highest BCUT2D eigenvalue weighted by molar-refractivity contribution is 5.56. The smallest absolute Gasteiger partial charge is 0.276 e. The molecule has 0 atom stereocenters. The van der Waals surface area contributed by atoms with E-state index in [-0.39, 0.29) is 16.5 Å². The lowest BCUT2D eigenvalue weighted by Gasteiger charge is -2.20. The Bertz CT molecular complexity index is 886. The lowest BCUT2D eigenvalue weighted by Crippen LogP contribution is -2.08. The van der Waals surface area contributed by atoms with Crippen molar-refractivity contribution < 1.29 is 14.4 Å². The highest BCUT2D eigenvalue weighted by atomic mass is 16.6. The Morgan fingerprint density at radius 2 is 1.30 bits per heavy atom. The van der Waals surface area contributed by atoms with E-state index in [9.17, 15) is 10.1 Å². The Hall–Kier alpha value is -3.34. The number of nitrogens with zero attached hydrogens (tertiary/aromatic N) is 1. The molecule has 0 saturated carbocycles. The molecule has 0 unspecified atom stereocenters. The second-order valence-electron chi connectivity index (χ2n) is 6.25. The number of benzene rings is 3. The summed E-state index contributed by atoms with van der Waals surface area (Å²) < 4.78 is 10.5. The molecule has 27 heavy (non-hydrogen) atoms.